The summed E-state index contributed by atoms with van der Waals surface area (Å²) >= 11 is 3.44. The molecule has 1 aliphatic rings. The van der Waals surface area contributed by atoms with Gasteiger partial charge in [-0.2, -0.15) is 0 Å². The second kappa shape index (κ2) is 5.99. The number of allylic oxidation sites excluding steroid dienone is 3. The maximum atomic E-state index is 11.7. The van der Waals surface area contributed by atoms with Gasteiger partial charge in [-0.1, -0.05) is 28.9 Å². The van der Waals surface area contributed by atoms with Crippen molar-refractivity contribution in [3.8, 4) is 0 Å². The molecule has 1 aliphatic carbocycles. The summed E-state index contributed by atoms with van der Waals surface area (Å²) in [4.78, 5) is 11.7. The topological polar surface area (TPSA) is 53.0 Å². The van der Waals surface area contributed by atoms with Crippen molar-refractivity contribution in [1.82, 2.24) is 5.32 Å². The van der Waals surface area contributed by atoms with Gasteiger partial charge in [0, 0.05) is 29.2 Å². The minimum Gasteiger partial charge on any atom is -0.391 e. The second-order valence-corrected chi connectivity index (χ2v) is 4.80. The molecule has 3 nitrogen and oxygen atoms in total. The van der Waals surface area contributed by atoms with Crippen LogP contribution in [0.25, 0.3) is 0 Å². The van der Waals surface area contributed by atoms with Crippen LogP contribution < -0.4 is 5.32 Å². The summed E-state index contributed by atoms with van der Waals surface area (Å²) in [5.74, 6) is 0.275. The Morgan fingerprint density at radius 1 is 1.69 bits per heavy atom. The second-order valence-electron chi connectivity index (χ2n) is 3.94. The van der Waals surface area contributed by atoms with E-state index in [1.807, 2.05) is 6.92 Å². The Labute approximate surface area is 105 Å². The van der Waals surface area contributed by atoms with Gasteiger partial charge < -0.3 is 5.32 Å². The summed E-state index contributed by atoms with van der Waals surface area (Å²) in [6, 6.07) is 0. The highest BCUT2D eigenvalue weighted by Crippen LogP contribution is 2.25. The third kappa shape index (κ3) is 3.30. The fraction of sp³-hybridized carbons (Fsp3) is 0.500. The van der Waals surface area contributed by atoms with Crippen LogP contribution in [0.3, 0.4) is 0 Å². The van der Waals surface area contributed by atoms with Crippen molar-refractivity contribution in [2.75, 3.05) is 6.54 Å². The van der Waals surface area contributed by atoms with Crippen LogP contribution in [0.5, 0.6) is 0 Å². The number of carbonyl (C=O) groups excluding carboxylic acids is 1. The van der Waals surface area contributed by atoms with Gasteiger partial charge in [0.15, 0.2) is 5.78 Å². The Balaban J connectivity index is 3.05. The summed E-state index contributed by atoms with van der Waals surface area (Å²) in [6.45, 7) is 4.83. The largest absolute Gasteiger partial charge is 0.391 e. The van der Waals surface area contributed by atoms with Crippen molar-refractivity contribution in [3.63, 3.8) is 0 Å². The average Bonchev–Trinajstić information content (AvgIpc) is 2.25. The normalized spacial score (nSPS) is 28.3. The molecule has 0 fully saturated rings. The number of Topliss-reactive ketones (excluding diaryl/α,β-unsaturated/α-hetero) is 1. The number of nitrogens with one attached hydrogen (secondary N) is 2. The molecule has 1 atom stereocenters. The molecule has 0 radical (unpaired) electrons. The first kappa shape index (κ1) is 13.2. The molecule has 0 aromatic heterocycles. The molecule has 88 valence electrons. The highest BCUT2D eigenvalue weighted by Gasteiger charge is 2.20. The van der Waals surface area contributed by atoms with E-state index in [0.717, 1.165) is 17.4 Å². The van der Waals surface area contributed by atoms with Crippen molar-refractivity contribution < 1.29 is 4.79 Å². The molecule has 1 rings (SSSR count). The molecule has 0 aromatic rings. The number of rotatable bonds is 2. The predicted octanol–water partition coefficient (Wildman–Crippen LogP) is 2.78. The molecule has 4 heteroatoms. The lowest BCUT2D eigenvalue weighted by Crippen LogP contribution is -2.20. The zero-order valence-electron chi connectivity index (χ0n) is 9.64. The van der Waals surface area contributed by atoms with Gasteiger partial charge in [0.2, 0.25) is 0 Å². The number of halogens is 1. The molecule has 1 unspecified atom stereocenters. The number of carbonyl (C=O) groups is 1. The van der Waals surface area contributed by atoms with E-state index in [1.54, 1.807) is 6.20 Å². The van der Waals surface area contributed by atoms with Gasteiger partial charge in [-0.15, -0.1) is 0 Å². The van der Waals surface area contributed by atoms with Gasteiger partial charge >= 0.3 is 0 Å². The van der Waals surface area contributed by atoms with Crippen molar-refractivity contribution in [1.29, 1.82) is 5.41 Å². The van der Waals surface area contributed by atoms with E-state index in [9.17, 15) is 4.79 Å². The van der Waals surface area contributed by atoms with Crippen molar-refractivity contribution >= 4 is 27.4 Å². The maximum Gasteiger partial charge on any atom is 0.181 e. The van der Waals surface area contributed by atoms with Crippen LogP contribution in [0.1, 0.15) is 26.7 Å². The Bertz CT molecular complexity index is 358. The minimum atomic E-state index is -0.0824. The van der Waals surface area contributed by atoms with Gasteiger partial charge in [-0.05, 0) is 19.3 Å². The molecule has 0 aliphatic heterocycles. The van der Waals surface area contributed by atoms with Crippen LogP contribution >= 0.6 is 15.9 Å². The van der Waals surface area contributed by atoms with E-state index in [0.29, 0.717) is 17.9 Å². The first-order valence-corrected chi connectivity index (χ1v) is 6.29. The zero-order chi connectivity index (χ0) is 12.1. The number of hydrogen-bond acceptors (Lipinski definition) is 3. The van der Waals surface area contributed by atoms with Gasteiger partial charge in [0.05, 0.1) is 0 Å². The molecule has 2 N–H and O–H groups in total. The molecule has 0 bridgehead atoms. The van der Waals surface area contributed by atoms with E-state index in [-0.39, 0.29) is 11.5 Å². The van der Waals surface area contributed by atoms with Crippen LogP contribution in [-0.4, -0.2) is 18.0 Å². The monoisotopic (exact) mass is 284 g/mol. The molecule has 0 saturated heterocycles. The van der Waals surface area contributed by atoms with Crippen LogP contribution in [0.4, 0.5) is 0 Å². The van der Waals surface area contributed by atoms with E-state index in [2.05, 4.69) is 34.2 Å². The summed E-state index contributed by atoms with van der Waals surface area (Å²) in [5.41, 5.74) is 0.745. The predicted molar refractivity (Wildman–Crippen MR) is 69.9 cm³/mol. The van der Waals surface area contributed by atoms with E-state index in [1.165, 1.54) is 0 Å². The molecule has 0 aromatic carbocycles. The molecule has 0 saturated carbocycles. The first-order valence-electron chi connectivity index (χ1n) is 5.49. The highest BCUT2D eigenvalue weighted by atomic mass is 79.9. The number of ketones is 1. The molecule has 0 heterocycles. The van der Waals surface area contributed by atoms with Crippen molar-refractivity contribution in [2.24, 2.45) is 5.92 Å². The highest BCUT2D eigenvalue weighted by molar-refractivity contribution is 9.12. The summed E-state index contributed by atoms with van der Waals surface area (Å²) in [5, 5.41) is 10.9. The summed E-state index contributed by atoms with van der Waals surface area (Å²) < 4.78 is 0.832. The van der Waals surface area contributed by atoms with Crippen molar-refractivity contribution in [3.05, 3.63) is 22.3 Å². The molecular formula is C12H17BrN2O. The lowest BCUT2D eigenvalue weighted by molar-refractivity contribution is -0.113. The number of hydrogen-bond donors (Lipinski definition) is 2. The van der Waals surface area contributed by atoms with Crippen LogP contribution in [0.15, 0.2) is 22.3 Å². The van der Waals surface area contributed by atoms with Gasteiger partial charge in [0.25, 0.3) is 0 Å². The lowest BCUT2D eigenvalue weighted by Gasteiger charge is -2.15. The van der Waals surface area contributed by atoms with Crippen molar-refractivity contribution in [2.45, 2.75) is 26.7 Å². The van der Waals surface area contributed by atoms with Crippen LogP contribution in [-0.2, 0) is 4.79 Å². The quantitative estimate of drug-likeness (QED) is 0.819. The third-order valence-corrected chi connectivity index (χ3v) is 3.21. The molecular weight excluding hydrogens is 268 g/mol. The minimum absolute atomic E-state index is 0.0824. The summed E-state index contributed by atoms with van der Waals surface area (Å²) in [6.07, 6.45) is 5.06. The SMILES string of the molecule is CCN/C=C1C(=N)C(=O)CCC(C)/C=C\1Br. The van der Waals surface area contributed by atoms with E-state index in [4.69, 9.17) is 5.41 Å². The fourth-order valence-corrected chi connectivity index (χ4v) is 2.29. The smallest absolute Gasteiger partial charge is 0.181 e. The Kier molecular flexibility index (Phi) is 4.93. The first-order chi connectivity index (χ1) is 7.56. The van der Waals surface area contributed by atoms with Gasteiger partial charge in [-0.25, -0.2) is 0 Å². The maximum absolute atomic E-state index is 11.7. The molecule has 0 amide bonds. The van der Waals surface area contributed by atoms with Gasteiger partial charge in [0.1, 0.15) is 5.71 Å². The van der Waals surface area contributed by atoms with Crippen LogP contribution in [0, 0.1) is 11.3 Å². The Morgan fingerprint density at radius 3 is 3.00 bits per heavy atom. The fourth-order valence-electron chi connectivity index (χ4n) is 1.52. The average molecular weight is 285 g/mol. The van der Waals surface area contributed by atoms with E-state index >= 15 is 0 Å². The Hall–Kier alpha value is -0.900. The molecule has 0 spiro atoms. The standard InChI is InChI=1S/C12H17BrN2O/c1-3-15-7-9-10(13)6-8(2)4-5-11(16)12(9)14/h6-8,14-15H,3-5H2,1-2H3/b9-7-,10-6+,14-12?. The Morgan fingerprint density at radius 2 is 2.38 bits per heavy atom. The summed E-state index contributed by atoms with van der Waals surface area (Å²) in [7, 11) is 0. The zero-order valence-corrected chi connectivity index (χ0v) is 11.2. The molecule has 16 heavy (non-hydrogen) atoms. The third-order valence-electron chi connectivity index (χ3n) is 2.51. The van der Waals surface area contributed by atoms with Crippen LogP contribution in [0.2, 0.25) is 0 Å². The van der Waals surface area contributed by atoms with Gasteiger partial charge in [-0.3, -0.25) is 10.2 Å². The van der Waals surface area contributed by atoms with E-state index < -0.39 is 0 Å². The lowest BCUT2D eigenvalue weighted by atomic mass is 9.94.